The number of ether oxygens (including phenoxy) is 1. The summed E-state index contributed by atoms with van der Waals surface area (Å²) in [6, 6.07) is 15.4. The summed E-state index contributed by atoms with van der Waals surface area (Å²) in [5, 5.41) is 9.02. The van der Waals surface area contributed by atoms with Crippen molar-refractivity contribution in [3.05, 3.63) is 60.7 Å². The molecule has 3 heterocycles. The van der Waals surface area contributed by atoms with Crippen molar-refractivity contribution in [1.82, 2.24) is 30.0 Å². The summed E-state index contributed by atoms with van der Waals surface area (Å²) >= 11 is 0. The van der Waals surface area contributed by atoms with Crippen LogP contribution in [-0.4, -0.2) is 56.4 Å². The smallest absolute Gasteiger partial charge is 0.164 e. The Balaban J connectivity index is 1.28. The molecule has 2 fully saturated rings. The number of halogens is 1. The fraction of sp³-hybridized carbons (Fsp3) is 0.393. The van der Waals surface area contributed by atoms with Crippen molar-refractivity contribution in [2.45, 2.75) is 50.7 Å². The van der Waals surface area contributed by atoms with Gasteiger partial charge in [-0.2, -0.15) is 5.10 Å². The van der Waals surface area contributed by atoms with Crippen LogP contribution in [0.5, 0.6) is 11.5 Å². The van der Waals surface area contributed by atoms with Crippen LogP contribution >= 0.6 is 0 Å². The second kappa shape index (κ2) is 10.1. The summed E-state index contributed by atoms with van der Waals surface area (Å²) in [5.41, 5.74) is 7.77. The third kappa shape index (κ3) is 4.76. The van der Waals surface area contributed by atoms with Gasteiger partial charge >= 0.3 is 0 Å². The van der Waals surface area contributed by atoms with E-state index in [2.05, 4.69) is 27.1 Å². The lowest BCUT2D eigenvalue weighted by Gasteiger charge is -2.41. The van der Waals surface area contributed by atoms with Gasteiger partial charge in [-0.3, -0.25) is 4.90 Å². The number of nitrogens with zero attached hydrogens (tertiary/aromatic N) is 5. The van der Waals surface area contributed by atoms with E-state index in [1.807, 2.05) is 35.0 Å². The first-order chi connectivity index (χ1) is 18.1. The van der Waals surface area contributed by atoms with Crippen LogP contribution in [0.25, 0.3) is 22.3 Å². The average Bonchev–Trinajstić information content (AvgIpc) is 3.30. The van der Waals surface area contributed by atoms with Gasteiger partial charge in [0.25, 0.3) is 0 Å². The van der Waals surface area contributed by atoms with E-state index in [-0.39, 0.29) is 6.04 Å². The molecular weight excluding hydrogens is 469 g/mol. The minimum absolute atomic E-state index is 0.186. The standard InChI is InChI=1S/C28H32FN7O/c1-18-16-35(14-13-31-18)19-7-9-20(10-8-19)36-28-25(27(30)32-17-33-28)26(34-36)23-12-11-22(15-24(23)29)37-21-5-3-2-4-6-21/h2-6,11-12,15,17-20,31H,7-10,13-14,16H2,1H3,(H2,30,32,33)/t18-,19-,20+/m0/s1. The Morgan fingerprint density at radius 3 is 2.54 bits per heavy atom. The lowest BCUT2D eigenvalue weighted by Crippen LogP contribution is -2.53. The van der Waals surface area contributed by atoms with E-state index in [0.29, 0.717) is 51.7 Å². The van der Waals surface area contributed by atoms with E-state index in [1.165, 1.54) is 12.4 Å². The Morgan fingerprint density at radius 2 is 1.78 bits per heavy atom. The molecule has 2 aromatic heterocycles. The maximum absolute atomic E-state index is 15.4. The van der Waals surface area contributed by atoms with E-state index in [0.717, 1.165) is 45.3 Å². The van der Waals surface area contributed by atoms with Crippen molar-refractivity contribution >= 4 is 16.9 Å². The fourth-order valence-corrected chi connectivity index (χ4v) is 5.78. The quantitative estimate of drug-likeness (QED) is 0.406. The molecule has 1 atom stereocenters. The number of anilines is 1. The molecule has 8 nitrogen and oxygen atoms in total. The third-order valence-corrected chi connectivity index (χ3v) is 7.62. The van der Waals surface area contributed by atoms with Crippen molar-refractivity contribution in [2.24, 2.45) is 0 Å². The molecule has 0 bridgehead atoms. The molecule has 1 aliphatic heterocycles. The maximum atomic E-state index is 15.4. The van der Waals surface area contributed by atoms with Gasteiger partial charge in [-0.15, -0.1) is 0 Å². The first-order valence-electron chi connectivity index (χ1n) is 13.1. The number of fused-ring (bicyclic) bond motifs is 1. The van der Waals surface area contributed by atoms with Crippen LogP contribution in [0.2, 0.25) is 0 Å². The van der Waals surface area contributed by atoms with Crippen molar-refractivity contribution in [1.29, 1.82) is 0 Å². The molecule has 1 saturated heterocycles. The molecule has 0 unspecified atom stereocenters. The van der Waals surface area contributed by atoms with Crippen LogP contribution in [-0.2, 0) is 0 Å². The second-order valence-corrected chi connectivity index (χ2v) is 10.1. The zero-order valence-corrected chi connectivity index (χ0v) is 21.0. The molecule has 2 aromatic carbocycles. The summed E-state index contributed by atoms with van der Waals surface area (Å²) in [4.78, 5) is 11.3. The lowest BCUT2D eigenvalue weighted by molar-refractivity contribution is 0.105. The van der Waals surface area contributed by atoms with Crippen LogP contribution in [0.15, 0.2) is 54.9 Å². The van der Waals surface area contributed by atoms with Crippen molar-refractivity contribution in [2.75, 3.05) is 25.4 Å². The molecule has 0 radical (unpaired) electrons. The van der Waals surface area contributed by atoms with Crippen LogP contribution in [0.1, 0.15) is 38.6 Å². The predicted molar refractivity (Wildman–Crippen MR) is 142 cm³/mol. The summed E-state index contributed by atoms with van der Waals surface area (Å²) in [5.74, 6) is 0.937. The molecule has 4 aromatic rings. The van der Waals surface area contributed by atoms with Gasteiger partial charge in [-0.1, -0.05) is 18.2 Å². The van der Waals surface area contributed by atoms with Gasteiger partial charge in [-0.05, 0) is 56.9 Å². The van der Waals surface area contributed by atoms with Crippen molar-refractivity contribution < 1.29 is 9.13 Å². The van der Waals surface area contributed by atoms with E-state index in [9.17, 15) is 0 Å². The normalized spacial score (nSPS) is 22.8. The summed E-state index contributed by atoms with van der Waals surface area (Å²) in [6.07, 6.45) is 5.66. The van der Waals surface area contributed by atoms with Gasteiger partial charge in [0.1, 0.15) is 35.2 Å². The molecular formula is C28H32FN7O. The fourth-order valence-electron chi connectivity index (χ4n) is 5.78. The highest BCUT2D eigenvalue weighted by Gasteiger charge is 2.31. The number of nitrogens with one attached hydrogen (secondary N) is 1. The van der Waals surface area contributed by atoms with Crippen molar-refractivity contribution in [3.8, 4) is 22.8 Å². The van der Waals surface area contributed by atoms with E-state index >= 15 is 4.39 Å². The molecule has 0 spiro atoms. The Kier molecular flexibility index (Phi) is 6.48. The Morgan fingerprint density at radius 1 is 1.00 bits per heavy atom. The first-order valence-corrected chi connectivity index (χ1v) is 13.1. The molecule has 1 saturated carbocycles. The number of nitrogens with two attached hydrogens (primary N) is 1. The van der Waals surface area contributed by atoms with Crippen LogP contribution in [0, 0.1) is 5.82 Å². The highest BCUT2D eigenvalue weighted by molar-refractivity contribution is 5.98. The zero-order chi connectivity index (χ0) is 25.4. The molecule has 3 N–H and O–H groups in total. The molecule has 0 amide bonds. The largest absolute Gasteiger partial charge is 0.457 e. The number of hydrogen-bond acceptors (Lipinski definition) is 7. The highest BCUT2D eigenvalue weighted by Crippen LogP contribution is 2.38. The van der Waals surface area contributed by atoms with Crippen LogP contribution < -0.4 is 15.8 Å². The van der Waals surface area contributed by atoms with E-state index in [4.69, 9.17) is 15.6 Å². The minimum atomic E-state index is -0.431. The molecule has 6 rings (SSSR count). The zero-order valence-electron chi connectivity index (χ0n) is 21.0. The summed E-state index contributed by atoms with van der Waals surface area (Å²) in [6.45, 7) is 5.49. The number of benzene rings is 2. The van der Waals surface area contributed by atoms with Gasteiger partial charge < -0.3 is 15.8 Å². The topological polar surface area (TPSA) is 94.1 Å². The number of nitrogen functional groups attached to an aromatic ring is 1. The molecule has 1 aliphatic carbocycles. The van der Waals surface area contributed by atoms with Crippen molar-refractivity contribution in [3.63, 3.8) is 0 Å². The van der Waals surface area contributed by atoms with Gasteiger partial charge in [0.15, 0.2) is 5.65 Å². The molecule has 192 valence electrons. The number of para-hydroxylation sites is 1. The number of aromatic nitrogens is 4. The van der Waals surface area contributed by atoms with Crippen LogP contribution in [0.4, 0.5) is 10.2 Å². The number of hydrogen-bond donors (Lipinski definition) is 2. The van der Waals surface area contributed by atoms with Gasteiger partial charge in [0, 0.05) is 43.3 Å². The maximum Gasteiger partial charge on any atom is 0.164 e. The number of piperazine rings is 1. The minimum Gasteiger partial charge on any atom is -0.457 e. The average molecular weight is 502 g/mol. The predicted octanol–water partition coefficient (Wildman–Crippen LogP) is 4.78. The molecule has 9 heteroatoms. The third-order valence-electron chi connectivity index (χ3n) is 7.62. The SMILES string of the molecule is C[C@H]1CN([C@H]2CC[C@@H](n3nc(-c4ccc(Oc5ccccc5)cc4F)c4c(N)ncnc43)CC2)CCN1. The Bertz CT molecular complexity index is 1380. The van der Waals surface area contributed by atoms with Gasteiger partial charge in [0.05, 0.1) is 11.4 Å². The first kappa shape index (κ1) is 23.8. The Hall–Kier alpha value is -3.56. The molecule has 37 heavy (non-hydrogen) atoms. The second-order valence-electron chi connectivity index (χ2n) is 10.1. The van der Waals surface area contributed by atoms with E-state index < -0.39 is 5.82 Å². The summed E-state index contributed by atoms with van der Waals surface area (Å²) < 4.78 is 23.2. The lowest BCUT2D eigenvalue weighted by atomic mass is 9.89. The van der Waals surface area contributed by atoms with Gasteiger partial charge in [0.2, 0.25) is 0 Å². The molecule has 2 aliphatic rings. The number of rotatable bonds is 5. The Labute approximate surface area is 215 Å². The van der Waals surface area contributed by atoms with Gasteiger partial charge in [-0.25, -0.2) is 19.0 Å². The monoisotopic (exact) mass is 501 g/mol. The highest BCUT2D eigenvalue weighted by atomic mass is 19.1. The van der Waals surface area contributed by atoms with Crippen LogP contribution in [0.3, 0.4) is 0 Å². The summed E-state index contributed by atoms with van der Waals surface area (Å²) in [7, 11) is 0. The van der Waals surface area contributed by atoms with E-state index in [1.54, 1.807) is 12.1 Å².